The summed E-state index contributed by atoms with van der Waals surface area (Å²) in [7, 11) is 0. The summed E-state index contributed by atoms with van der Waals surface area (Å²) < 4.78 is 0. The highest BCUT2D eigenvalue weighted by Crippen LogP contribution is 2.31. The van der Waals surface area contributed by atoms with Crippen molar-refractivity contribution >= 4 is 11.9 Å². The number of nitrogens with one attached hydrogen (secondary N) is 1. The third-order valence-electron chi connectivity index (χ3n) is 4.35. The number of amides is 1. The topological polar surface area (TPSA) is 86.6 Å². The number of aliphatic carboxylic acids is 1. The van der Waals surface area contributed by atoms with E-state index >= 15 is 0 Å². The molecule has 1 rings (SSSR count). The van der Waals surface area contributed by atoms with Crippen LogP contribution in [0.1, 0.15) is 52.9 Å². The van der Waals surface area contributed by atoms with Gasteiger partial charge in [0.1, 0.15) is 0 Å². The number of carbonyl (C=O) groups excluding carboxylic acids is 1. The molecule has 0 aromatic carbocycles. The van der Waals surface area contributed by atoms with Crippen molar-refractivity contribution in [3.8, 4) is 0 Å². The highest BCUT2D eigenvalue weighted by molar-refractivity contribution is 5.85. The highest BCUT2D eigenvalue weighted by Gasteiger charge is 2.39. The van der Waals surface area contributed by atoms with Crippen LogP contribution in [0, 0.1) is 11.3 Å². The molecule has 0 aromatic rings. The maximum Gasteiger partial charge on any atom is 0.310 e. The maximum atomic E-state index is 12.0. The van der Waals surface area contributed by atoms with Gasteiger partial charge in [-0.25, -0.2) is 0 Å². The first kappa shape index (κ1) is 16.0. The predicted molar refractivity (Wildman–Crippen MR) is 71.6 cm³/mol. The Morgan fingerprint density at radius 2 is 1.79 bits per heavy atom. The average molecular weight is 271 g/mol. The molecule has 0 aromatic heterocycles. The molecule has 1 unspecified atom stereocenters. The Labute approximate surface area is 114 Å². The van der Waals surface area contributed by atoms with E-state index < -0.39 is 11.4 Å². The third kappa shape index (κ3) is 4.20. The van der Waals surface area contributed by atoms with Gasteiger partial charge in [0, 0.05) is 12.5 Å². The summed E-state index contributed by atoms with van der Waals surface area (Å²) in [5.74, 6) is -1.25. The maximum absolute atomic E-state index is 12.0. The van der Waals surface area contributed by atoms with Crippen LogP contribution < -0.4 is 5.32 Å². The molecule has 5 nitrogen and oxygen atoms in total. The zero-order chi connectivity index (χ0) is 14.6. The fourth-order valence-electron chi connectivity index (χ4n) is 2.36. The number of aliphatic hydroxyl groups excluding tert-OH is 1. The number of hydrogen-bond donors (Lipinski definition) is 3. The lowest BCUT2D eigenvalue weighted by atomic mass is 9.76. The Morgan fingerprint density at radius 1 is 1.26 bits per heavy atom. The van der Waals surface area contributed by atoms with Crippen LogP contribution in [0.15, 0.2) is 0 Å². The lowest BCUT2D eigenvalue weighted by Crippen LogP contribution is -2.43. The van der Waals surface area contributed by atoms with Crippen LogP contribution in [0.5, 0.6) is 0 Å². The van der Waals surface area contributed by atoms with Crippen molar-refractivity contribution in [3.63, 3.8) is 0 Å². The summed E-state index contributed by atoms with van der Waals surface area (Å²) in [6.07, 6.45) is 2.67. The largest absolute Gasteiger partial charge is 0.481 e. The molecule has 1 saturated carbocycles. The number of rotatable bonds is 5. The van der Waals surface area contributed by atoms with E-state index in [1.54, 1.807) is 6.92 Å². The Balaban J connectivity index is 2.52. The van der Waals surface area contributed by atoms with Crippen LogP contribution in [0.4, 0.5) is 0 Å². The van der Waals surface area contributed by atoms with E-state index in [0.717, 1.165) is 12.8 Å². The molecule has 0 spiro atoms. The van der Waals surface area contributed by atoms with E-state index in [2.05, 4.69) is 5.32 Å². The van der Waals surface area contributed by atoms with Crippen LogP contribution >= 0.6 is 0 Å². The van der Waals surface area contributed by atoms with Crippen molar-refractivity contribution in [1.82, 2.24) is 5.32 Å². The number of carboxylic acids is 1. The van der Waals surface area contributed by atoms with Crippen LogP contribution in [0.3, 0.4) is 0 Å². The second-order valence-corrected chi connectivity index (χ2v) is 6.13. The molecular formula is C14H25NO4. The van der Waals surface area contributed by atoms with Gasteiger partial charge in [0.05, 0.1) is 11.5 Å². The summed E-state index contributed by atoms with van der Waals surface area (Å²) >= 11 is 0. The molecule has 0 aliphatic heterocycles. The normalized spacial score (nSPS) is 26.8. The molecule has 1 fully saturated rings. The number of carboxylic acid groups (broad SMARTS) is 1. The number of carbonyl (C=O) groups is 2. The molecule has 19 heavy (non-hydrogen) atoms. The molecule has 5 heteroatoms. The van der Waals surface area contributed by atoms with Crippen LogP contribution in [0.2, 0.25) is 0 Å². The fraction of sp³-hybridized carbons (Fsp3) is 0.857. The zero-order valence-corrected chi connectivity index (χ0v) is 12.0. The monoisotopic (exact) mass is 271 g/mol. The Kier molecular flexibility index (Phi) is 5.35. The summed E-state index contributed by atoms with van der Waals surface area (Å²) in [5.41, 5.74) is -1.03. The minimum absolute atomic E-state index is 0.000939. The van der Waals surface area contributed by atoms with Gasteiger partial charge in [-0.2, -0.15) is 0 Å². The Hall–Kier alpha value is -1.10. The van der Waals surface area contributed by atoms with Crippen molar-refractivity contribution in [2.75, 3.05) is 0 Å². The number of aliphatic hydroxyl groups is 1. The minimum atomic E-state index is -1.03. The first-order chi connectivity index (χ1) is 8.75. The van der Waals surface area contributed by atoms with Gasteiger partial charge in [-0.15, -0.1) is 0 Å². The quantitative estimate of drug-likeness (QED) is 0.708. The van der Waals surface area contributed by atoms with Gasteiger partial charge in [-0.05, 0) is 38.5 Å². The van der Waals surface area contributed by atoms with Gasteiger partial charge in [0.25, 0.3) is 0 Å². The van der Waals surface area contributed by atoms with E-state index in [4.69, 9.17) is 0 Å². The molecule has 3 N–H and O–H groups in total. The van der Waals surface area contributed by atoms with E-state index in [0.29, 0.717) is 12.8 Å². The smallest absolute Gasteiger partial charge is 0.310 e. The zero-order valence-electron chi connectivity index (χ0n) is 12.0. The van der Waals surface area contributed by atoms with Crippen molar-refractivity contribution in [3.05, 3.63) is 0 Å². The molecule has 1 amide bonds. The predicted octanol–water partition coefficient (Wildman–Crippen LogP) is 1.54. The molecule has 1 aliphatic rings. The van der Waals surface area contributed by atoms with Crippen molar-refractivity contribution in [2.24, 2.45) is 11.3 Å². The van der Waals surface area contributed by atoms with Crippen molar-refractivity contribution < 1.29 is 19.8 Å². The summed E-state index contributed by atoms with van der Waals surface area (Å²) in [4.78, 5) is 23.3. The average Bonchev–Trinajstić information content (AvgIpc) is 2.31. The summed E-state index contributed by atoms with van der Waals surface area (Å²) in [6.45, 7) is 5.25. The SMILES string of the molecule is CC(C)C(C)(CC(=O)NC1CCC(O)CC1)C(=O)O. The van der Waals surface area contributed by atoms with Gasteiger partial charge < -0.3 is 15.5 Å². The Morgan fingerprint density at radius 3 is 2.21 bits per heavy atom. The lowest BCUT2D eigenvalue weighted by molar-refractivity contribution is -0.153. The minimum Gasteiger partial charge on any atom is -0.481 e. The van der Waals surface area contributed by atoms with E-state index in [1.165, 1.54) is 0 Å². The fourth-order valence-corrected chi connectivity index (χ4v) is 2.36. The van der Waals surface area contributed by atoms with Gasteiger partial charge >= 0.3 is 5.97 Å². The van der Waals surface area contributed by atoms with Crippen LogP contribution in [0.25, 0.3) is 0 Å². The van der Waals surface area contributed by atoms with E-state index in [1.807, 2.05) is 13.8 Å². The molecule has 0 bridgehead atoms. The van der Waals surface area contributed by atoms with E-state index in [-0.39, 0.29) is 30.4 Å². The Bertz CT molecular complexity index is 334. The molecule has 1 aliphatic carbocycles. The summed E-state index contributed by atoms with van der Waals surface area (Å²) in [5, 5.41) is 21.6. The second kappa shape index (κ2) is 6.37. The summed E-state index contributed by atoms with van der Waals surface area (Å²) in [6, 6.07) is 0.0705. The molecule has 0 heterocycles. The van der Waals surface area contributed by atoms with Gasteiger partial charge in [0.15, 0.2) is 0 Å². The van der Waals surface area contributed by atoms with Gasteiger partial charge in [-0.1, -0.05) is 13.8 Å². The van der Waals surface area contributed by atoms with Crippen molar-refractivity contribution in [1.29, 1.82) is 0 Å². The lowest BCUT2D eigenvalue weighted by Gasteiger charge is -2.31. The molecular weight excluding hydrogens is 246 g/mol. The molecule has 0 radical (unpaired) electrons. The molecule has 110 valence electrons. The third-order valence-corrected chi connectivity index (χ3v) is 4.35. The van der Waals surface area contributed by atoms with E-state index in [9.17, 15) is 19.8 Å². The molecule has 1 atom stereocenters. The standard InChI is InChI=1S/C14H25NO4/c1-9(2)14(3,13(18)19)8-12(17)15-10-4-6-11(16)7-5-10/h9-11,16H,4-8H2,1-3H3,(H,15,17)(H,18,19). The second-order valence-electron chi connectivity index (χ2n) is 6.13. The number of hydrogen-bond acceptors (Lipinski definition) is 3. The van der Waals surface area contributed by atoms with Crippen LogP contribution in [-0.2, 0) is 9.59 Å². The first-order valence-electron chi connectivity index (χ1n) is 6.96. The van der Waals surface area contributed by atoms with Gasteiger partial charge in [0.2, 0.25) is 5.91 Å². The first-order valence-corrected chi connectivity index (χ1v) is 6.96. The highest BCUT2D eigenvalue weighted by atomic mass is 16.4. The van der Waals surface area contributed by atoms with Crippen LogP contribution in [-0.4, -0.2) is 34.2 Å². The van der Waals surface area contributed by atoms with Crippen molar-refractivity contribution in [2.45, 2.75) is 65.0 Å². The van der Waals surface area contributed by atoms with Gasteiger partial charge in [-0.3, -0.25) is 9.59 Å². The molecule has 0 saturated heterocycles.